The van der Waals surface area contributed by atoms with Gasteiger partial charge in [0.1, 0.15) is 0 Å². The Kier molecular flexibility index (Phi) is 7.74. The summed E-state index contributed by atoms with van der Waals surface area (Å²) in [6, 6.07) is 9.23. The first-order valence-corrected chi connectivity index (χ1v) is 11.0. The molecule has 2 aliphatic heterocycles. The predicted molar refractivity (Wildman–Crippen MR) is 115 cm³/mol. The highest BCUT2D eigenvalue weighted by Crippen LogP contribution is 2.25. The van der Waals surface area contributed by atoms with Crippen molar-refractivity contribution in [1.29, 1.82) is 0 Å². The molecule has 0 spiro atoms. The molecular weight excluding hydrogens is 350 g/mol. The number of piperidine rings is 1. The number of urea groups is 1. The molecule has 2 saturated heterocycles. The molecule has 3 rings (SSSR count). The van der Waals surface area contributed by atoms with Crippen molar-refractivity contribution >= 4 is 11.7 Å². The normalized spacial score (nSPS) is 19.4. The highest BCUT2D eigenvalue weighted by atomic mass is 16.5. The van der Waals surface area contributed by atoms with E-state index >= 15 is 0 Å². The van der Waals surface area contributed by atoms with Gasteiger partial charge in [0.05, 0.1) is 0 Å². The summed E-state index contributed by atoms with van der Waals surface area (Å²) in [6.45, 7) is 11.3. The lowest BCUT2D eigenvalue weighted by molar-refractivity contribution is 0.00321. The maximum Gasteiger partial charge on any atom is 0.321 e. The number of aryl methyl sites for hydroxylation is 1. The Labute approximate surface area is 170 Å². The number of carbonyl (C=O) groups excluding carboxylic acids is 1. The second-order valence-electron chi connectivity index (χ2n) is 8.73. The van der Waals surface area contributed by atoms with Gasteiger partial charge in [-0.25, -0.2) is 4.79 Å². The van der Waals surface area contributed by atoms with Gasteiger partial charge in [0, 0.05) is 44.1 Å². The minimum absolute atomic E-state index is 0.0348. The summed E-state index contributed by atoms with van der Waals surface area (Å²) in [5.74, 6) is 0.724. The van der Waals surface area contributed by atoms with Gasteiger partial charge < -0.3 is 15.0 Å². The van der Waals surface area contributed by atoms with E-state index in [4.69, 9.17) is 4.74 Å². The number of likely N-dealkylation sites (tertiary alicyclic amines) is 1. The van der Waals surface area contributed by atoms with Crippen LogP contribution in [-0.2, 0) is 4.74 Å². The zero-order valence-corrected chi connectivity index (χ0v) is 17.8. The lowest BCUT2D eigenvalue weighted by atomic mass is 9.96. The molecule has 5 nitrogen and oxygen atoms in total. The first-order chi connectivity index (χ1) is 13.5. The summed E-state index contributed by atoms with van der Waals surface area (Å²) in [6.07, 6.45) is 5.66. The molecule has 0 radical (unpaired) electrons. The van der Waals surface area contributed by atoms with Crippen molar-refractivity contribution in [2.75, 3.05) is 38.2 Å². The van der Waals surface area contributed by atoms with Crippen molar-refractivity contribution in [2.24, 2.45) is 5.92 Å². The summed E-state index contributed by atoms with van der Waals surface area (Å²) < 4.78 is 5.59. The number of ether oxygens (including phenoxy) is 1. The number of rotatable bonds is 6. The smallest absolute Gasteiger partial charge is 0.321 e. The van der Waals surface area contributed by atoms with Crippen LogP contribution in [0.1, 0.15) is 51.5 Å². The van der Waals surface area contributed by atoms with Crippen LogP contribution in [0.3, 0.4) is 0 Å². The fraction of sp³-hybridized carbons (Fsp3) is 0.696. The van der Waals surface area contributed by atoms with Crippen LogP contribution >= 0.6 is 0 Å². The van der Waals surface area contributed by atoms with E-state index in [0.717, 1.165) is 69.2 Å². The van der Waals surface area contributed by atoms with Gasteiger partial charge in [0.15, 0.2) is 0 Å². The van der Waals surface area contributed by atoms with Crippen molar-refractivity contribution in [3.8, 4) is 0 Å². The number of anilines is 1. The Hall–Kier alpha value is -1.59. The zero-order valence-electron chi connectivity index (χ0n) is 17.8. The van der Waals surface area contributed by atoms with Gasteiger partial charge in [0.2, 0.25) is 0 Å². The molecule has 5 heteroatoms. The second kappa shape index (κ2) is 10.3. The van der Waals surface area contributed by atoms with E-state index in [9.17, 15) is 4.79 Å². The highest BCUT2D eigenvalue weighted by molar-refractivity contribution is 5.90. The monoisotopic (exact) mass is 387 g/mol. The minimum Gasteiger partial charge on any atom is -0.381 e. The van der Waals surface area contributed by atoms with Crippen LogP contribution in [0.5, 0.6) is 0 Å². The van der Waals surface area contributed by atoms with E-state index in [1.54, 1.807) is 0 Å². The van der Waals surface area contributed by atoms with E-state index < -0.39 is 0 Å². The van der Waals surface area contributed by atoms with E-state index in [2.05, 4.69) is 24.1 Å². The molecule has 1 aromatic rings. The first-order valence-electron chi connectivity index (χ1n) is 11.0. The van der Waals surface area contributed by atoms with E-state index in [-0.39, 0.29) is 6.03 Å². The predicted octanol–water partition coefficient (Wildman–Crippen LogP) is 4.52. The molecule has 2 aliphatic rings. The molecule has 1 aromatic carbocycles. The van der Waals surface area contributed by atoms with Crippen molar-refractivity contribution in [3.05, 3.63) is 29.8 Å². The van der Waals surface area contributed by atoms with Gasteiger partial charge in [-0.1, -0.05) is 32.0 Å². The molecule has 0 atom stereocenters. The van der Waals surface area contributed by atoms with Gasteiger partial charge in [-0.2, -0.15) is 0 Å². The largest absolute Gasteiger partial charge is 0.381 e. The maximum atomic E-state index is 12.7. The van der Waals surface area contributed by atoms with Crippen LogP contribution in [0.15, 0.2) is 24.3 Å². The number of carbonyl (C=O) groups is 1. The van der Waals surface area contributed by atoms with Gasteiger partial charge in [0.25, 0.3) is 0 Å². The van der Waals surface area contributed by atoms with Crippen LogP contribution < -0.4 is 5.32 Å². The van der Waals surface area contributed by atoms with Gasteiger partial charge >= 0.3 is 6.03 Å². The van der Waals surface area contributed by atoms with Crippen LogP contribution in [0.2, 0.25) is 0 Å². The van der Waals surface area contributed by atoms with Crippen LogP contribution in [0.4, 0.5) is 10.5 Å². The topological polar surface area (TPSA) is 44.8 Å². The SMILES string of the molecule is Cc1ccccc1NC(=O)N1CCC(N(CCC(C)C)C2CCOCC2)CC1. The highest BCUT2D eigenvalue weighted by Gasteiger charge is 2.31. The molecule has 0 bridgehead atoms. The van der Waals surface area contributed by atoms with Gasteiger partial charge in [-0.15, -0.1) is 0 Å². The summed E-state index contributed by atoms with van der Waals surface area (Å²) in [7, 11) is 0. The summed E-state index contributed by atoms with van der Waals surface area (Å²) >= 11 is 0. The second-order valence-corrected chi connectivity index (χ2v) is 8.73. The fourth-order valence-electron chi connectivity index (χ4n) is 4.40. The van der Waals surface area contributed by atoms with Crippen molar-refractivity contribution in [3.63, 3.8) is 0 Å². The average Bonchev–Trinajstić information content (AvgIpc) is 2.71. The molecule has 2 amide bonds. The van der Waals surface area contributed by atoms with Crippen molar-refractivity contribution in [2.45, 2.75) is 65.0 Å². The van der Waals surface area contributed by atoms with Crippen LogP contribution in [0, 0.1) is 12.8 Å². The van der Waals surface area contributed by atoms with Crippen molar-refractivity contribution < 1.29 is 9.53 Å². The number of para-hydroxylation sites is 1. The maximum absolute atomic E-state index is 12.7. The van der Waals surface area contributed by atoms with E-state index in [1.165, 1.54) is 13.0 Å². The lowest BCUT2D eigenvalue weighted by Crippen LogP contribution is -2.52. The Bertz CT molecular complexity index is 620. The third-order valence-corrected chi connectivity index (χ3v) is 6.23. The number of nitrogens with zero attached hydrogens (tertiary/aromatic N) is 2. The molecular formula is C23H37N3O2. The number of benzene rings is 1. The van der Waals surface area contributed by atoms with Gasteiger partial charge in [-0.3, -0.25) is 4.90 Å². The summed E-state index contributed by atoms with van der Waals surface area (Å²) in [5, 5.41) is 3.08. The molecule has 0 aromatic heterocycles. The molecule has 156 valence electrons. The third-order valence-electron chi connectivity index (χ3n) is 6.23. The molecule has 0 unspecified atom stereocenters. The molecule has 0 aliphatic carbocycles. The quantitative estimate of drug-likeness (QED) is 0.781. The number of hydrogen-bond donors (Lipinski definition) is 1. The Morgan fingerprint density at radius 1 is 1.14 bits per heavy atom. The van der Waals surface area contributed by atoms with Crippen LogP contribution in [-0.4, -0.2) is 60.8 Å². The molecule has 0 saturated carbocycles. The average molecular weight is 388 g/mol. The van der Waals surface area contributed by atoms with Crippen LogP contribution in [0.25, 0.3) is 0 Å². The van der Waals surface area contributed by atoms with Gasteiger partial charge in [-0.05, 0) is 63.1 Å². The summed E-state index contributed by atoms with van der Waals surface area (Å²) in [4.78, 5) is 17.4. The zero-order chi connectivity index (χ0) is 19.9. The molecule has 2 heterocycles. The van der Waals surface area contributed by atoms with Crippen molar-refractivity contribution in [1.82, 2.24) is 9.80 Å². The summed E-state index contributed by atoms with van der Waals surface area (Å²) in [5.41, 5.74) is 2.01. The van der Waals surface area contributed by atoms with E-state index in [1.807, 2.05) is 36.1 Å². The lowest BCUT2D eigenvalue weighted by Gasteiger charge is -2.44. The Morgan fingerprint density at radius 3 is 2.43 bits per heavy atom. The Balaban J connectivity index is 1.55. The number of nitrogens with one attached hydrogen (secondary N) is 1. The standard InChI is InChI=1S/C23H37N3O2/c1-18(2)8-15-26(21-11-16-28-17-12-21)20-9-13-25(14-10-20)23(27)24-22-7-5-4-6-19(22)3/h4-7,18,20-21H,8-17H2,1-3H3,(H,24,27). The minimum atomic E-state index is 0.0348. The molecule has 1 N–H and O–H groups in total. The van der Waals surface area contributed by atoms with E-state index in [0.29, 0.717) is 12.1 Å². The number of hydrogen-bond acceptors (Lipinski definition) is 3. The molecule has 28 heavy (non-hydrogen) atoms. The number of amides is 2. The fourth-order valence-corrected chi connectivity index (χ4v) is 4.40. The Morgan fingerprint density at radius 2 is 1.79 bits per heavy atom. The first kappa shape index (κ1) is 21.1. The molecule has 2 fully saturated rings. The third kappa shape index (κ3) is 5.71.